The standard InChI is InChI=1S/C21H24F4N2O2/c1-3-15-7-9-16(10-8-15)12-27(2)20(28)26-18-6-4-5-17(11-18)13-29-14-21(24,25)19(22)23/h4-11,19H,3,12-14H2,1-2H3,(H,26,28). The second-order valence-corrected chi connectivity index (χ2v) is 6.71. The fourth-order valence-corrected chi connectivity index (χ4v) is 2.55. The SMILES string of the molecule is CCc1ccc(CN(C)C(=O)Nc2cccc(COCC(F)(F)C(F)F)c2)cc1. The number of rotatable bonds is 9. The molecule has 0 aliphatic rings. The summed E-state index contributed by atoms with van der Waals surface area (Å²) in [5.74, 6) is -4.19. The Hall–Kier alpha value is -2.61. The van der Waals surface area contributed by atoms with Crippen LogP contribution in [0.3, 0.4) is 0 Å². The topological polar surface area (TPSA) is 41.6 Å². The van der Waals surface area contributed by atoms with E-state index in [0.29, 0.717) is 17.8 Å². The van der Waals surface area contributed by atoms with Crippen LogP contribution in [0.25, 0.3) is 0 Å². The number of aryl methyl sites for hydroxylation is 1. The molecule has 1 N–H and O–H groups in total. The van der Waals surface area contributed by atoms with Crippen LogP contribution in [0.5, 0.6) is 0 Å². The molecule has 2 aromatic carbocycles. The van der Waals surface area contributed by atoms with Crippen molar-refractivity contribution in [2.75, 3.05) is 19.0 Å². The molecular formula is C21H24F4N2O2. The third-order valence-electron chi connectivity index (χ3n) is 4.26. The number of hydrogen-bond acceptors (Lipinski definition) is 2. The summed E-state index contributed by atoms with van der Waals surface area (Å²) in [4.78, 5) is 13.9. The Labute approximate surface area is 167 Å². The molecule has 0 aliphatic carbocycles. The monoisotopic (exact) mass is 412 g/mol. The van der Waals surface area contributed by atoms with Gasteiger partial charge in [0.15, 0.2) is 0 Å². The number of nitrogens with zero attached hydrogens (tertiary/aromatic N) is 1. The van der Waals surface area contributed by atoms with Gasteiger partial charge in [-0.15, -0.1) is 0 Å². The molecule has 0 fully saturated rings. The molecule has 0 radical (unpaired) electrons. The molecule has 8 heteroatoms. The van der Waals surface area contributed by atoms with Crippen molar-refractivity contribution in [3.05, 3.63) is 65.2 Å². The molecule has 0 spiro atoms. The van der Waals surface area contributed by atoms with E-state index in [1.807, 2.05) is 24.3 Å². The second-order valence-electron chi connectivity index (χ2n) is 6.71. The molecular weight excluding hydrogens is 388 g/mol. The predicted octanol–water partition coefficient (Wildman–Crippen LogP) is 5.33. The van der Waals surface area contributed by atoms with Crippen molar-refractivity contribution in [3.8, 4) is 0 Å². The zero-order chi connectivity index (χ0) is 21.4. The molecule has 158 valence electrons. The fourth-order valence-electron chi connectivity index (χ4n) is 2.55. The van der Waals surface area contributed by atoms with Crippen LogP contribution in [0.2, 0.25) is 0 Å². The number of carbonyl (C=O) groups excluding carboxylic acids is 1. The number of amides is 2. The van der Waals surface area contributed by atoms with Gasteiger partial charge in [-0.1, -0.05) is 43.3 Å². The summed E-state index contributed by atoms with van der Waals surface area (Å²) in [6.45, 7) is 0.839. The zero-order valence-electron chi connectivity index (χ0n) is 16.3. The summed E-state index contributed by atoms with van der Waals surface area (Å²) in [5.41, 5.74) is 3.13. The minimum absolute atomic E-state index is 0.272. The fraction of sp³-hybridized carbons (Fsp3) is 0.381. The number of ether oxygens (including phenoxy) is 1. The van der Waals surface area contributed by atoms with Gasteiger partial charge in [-0.25, -0.2) is 13.6 Å². The Balaban J connectivity index is 1.88. The number of halogens is 4. The summed E-state index contributed by atoms with van der Waals surface area (Å²) in [5, 5.41) is 2.71. The number of carbonyl (C=O) groups is 1. The van der Waals surface area contributed by atoms with Crippen LogP contribution in [-0.4, -0.2) is 36.9 Å². The lowest BCUT2D eigenvalue weighted by atomic mass is 10.1. The van der Waals surface area contributed by atoms with Crippen molar-refractivity contribution in [2.24, 2.45) is 0 Å². The van der Waals surface area contributed by atoms with Gasteiger partial charge in [-0.2, -0.15) is 8.78 Å². The van der Waals surface area contributed by atoms with Gasteiger partial charge in [-0.3, -0.25) is 0 Å². The Morgan fingerprint density at radius 1 is 1.10 bits per heavy atom. The van der Waals surface area contributed by atoms with Crippen molar-refractivity contribution in [1.82, 2.24) is 4.90 Å². The molecule has 2 amide bonds. The molecule has 2 rings (SSSR count). The lowest BCUT2D eigenvalue weighted by molar-refractivity contribution is -0.168. The van der Waals surface area contributed by atoms with E-state index in [4.69, 9.17) is 4.74 Å². The number of nitrogens with one attached hydrogen (secondary N) is 1. The van der Waals surface area contributed by atoms with E-state index < -0.39 is 19.0 Å². The van der Waals surface area contributed by atoms with Crippen LogP contribution in [0.1, 0.15) is 23.6 Å². The number of anilines is 1. The quantitative estimate of drug-likeness (QED) is 0.566. The predicted molar refractivity (Wildman–Crippen MR) is 103 cm³/mol. The summed E-state index contributed by atoms with van der Waals surface area (Å²) in [6, 6.07) is 14.0. The minimum Gasteiger partial charge on any atom is -0.370 e. The molecule has 2 aromatic rings. The number of hydrogen-bond donors (Lipinski definition) is 1. The van der Waals surface area contributed by atoms with Crippen LogP contribution in [0.4, 0.5) is 28.0 Å². The zero-order valence-corrected chi connectivity index (χ0v) is 16.3. The van der Waals surface area contributed by atoms with E-state index in [2.05, 4.69) is 12.2 Å². The number of alkyl halides is 4. The summed E-state index contributed by atoms with van der Waals surface area (Å²) < 4.78 is 54.7. The van der Waals surface area contributed by atoms with Gasteiger partial charge in [0.25, 0.3) is 0 Å². The van der Waals surface area contributed by atoms with Gasteiger partial charge in [0.1, 0.15) is 6.61 Å². The van der Waals surface area contributed by atoms with Crippen molar-refractivity contribution < 1.29 is 27.1 Å². The lowest BCUT2D eigenvalue weighted by Gasteiger charge is -2.19. The van der Waals surface area contributed by atoms with E-state index in [1.165, 1.54) is 10.5 Å². The molecule has 0 atom stereocenters. The molecule has 0 aromatic heterocycles. The average molecular weight is 412 g/mol. The van der Waals surface area contributed by atoms with Gasteiger partial charge in [0.2, 0.25) is 0 Å². The van der Waals surface area contributed by atoms with Crippen LogP contribution >= 0.6 is 0 Å². The van der Waals surface area contributed by atoms with Crippen molar-refractivity contribution in [2.45, 2.75) is 38.8 Å². The van der Waals surface area contributed by atoms with Crippen molar-refractivity contribution >= 4 is 11.7 Å². The third-order valence-corrected chi connectivity index (χ3v) is 4.26. The molecule has 0 aliphatic heterocycles. The van der Waals surface area contributed by atoms with Crippen LogP contribution < -0.4 is 5.32 Å². The molecule has 0 bridgehead atoms. The second kappa shape index (κ2) is 10.2. The first kappa shape index (κ1) is 22.7. The number of urea groups is 1. The maximum atomic E-state index is 12.9. The molecule has 0 saturated carbocycles. The Bertz CT molecular complexity index is 798. The van der Waals surface area contributed by atoms with Gasteiger partial charge >= 0.3 is 18.4 Å². The highest BCUT2D eigenvalue weighted by molar-refractivity contribution is 5.89. The molecule has 0 unspecified atom stereocenters. The lowest BCUT2D eigenvalue weighted by Crippen LogP contribution is -2.32. The third kappa shape index (κ3) is 7.05. The molecule has 0 heterocycles. The summed E-state index contributed by atoms with van der Waals surface area (Å²) in [6.07, 6.45) is -2.84. The van der Waals surface area contributed by atoms with Gasteiger partial charge < -0.3 is 15.0 Å². The highest BCUT2D eigenvalue weighted by atomic mass is 19.3. The first-order chi connectivity index (χ1) is 13.7. The largest absolute Gasteiger partial charge is 0.370 e. The smallest absolute Gasteiger partial charge is 0.330 e. The first-order valence-electron chi connectivity index (χ1n) is 9.14. The summed E-state index contributed by atoms with van der Waals surface area (Å²) in [7, 11) is 1.66. The maximum absolute atomic E-state index is 12.9. The Kier molecular flexibility index (Phi) is 8.01. The van der Waals surface area contributed by atoms with E-state index in [9.17, 15) is 22.4 Å². The molecule has 29 heavy (non-hydrogen) atoms. The van der Waals surface area contributed by atoms with Crippen LogP contribution in [0, 0.1) is 0 Å². The van der Waals surface area contributed by atoms with E-state index in [1.54, 1.807) is 31.3 Å². The Morgan fingerprint density at radius 2 is 1.76 bits per heavy atom. The normalized spacial score (nSPS) is 11.6. The Morgan fingerprint density at radius 3 is 2.38 bits per heavy atom. The highest BCUT2D eigenvalue weighted by Gasteiger charge is 2.40. The van der Waals surface area contributed by atoms with Gasteiger partial charge in [0.05, 0.1) is 6.61 Å². The summed E-state index contributed by atoms with van der Waals surface area (Å²) >= 11 is 0. The molecule has 4 nitrogen and oxygen atoms in total. The van der Waals surface area contributed by atoms with Crippen molar-refractivity contribution in [3.63, 3.8) is 0 Å². The van der Waals surface area contributed by atoms with E-state index in [-0.39, 0.29) is 12.6 Å². The minimum atomic E-state index is -4.19. The molecule has 0 saturated heterocycles. The van der Waals surface area contributed by atoms with E-state index in [0.717, 1.165) is 12.0 Å². The highest BCUT2D eigenvalue weighted by Crippen LogP contribution is 2.23. The van der Waals surface area contributed by atoms with Gasteiger partial charge in [0, 0.05) is 19.3 Å². The average Bonchev–Trinajstić information content (AvgIpc) is 2.68. The van der Waals surface area contributed by atoms with E-state index >= 15 is 0 Å². The van der Waals surface area contributed by atoms with Crippen molar-refractivity contribution in [1.29, 1.82) is 0 Å². The van der Waals surface area contributed by atoms with Gasteiger partial charge in [-0.05, 0) is 35.2 Å². The number of benzene rings is 2. The van der Waals surface area contributed by atoms with Crippen LogP contribution in [0.15, 0.2) is 48.5 Å². The maximum Gasteiger partial charge on any atom is 0.330 e. The van der Waals surface area contributed by atoms with Crippen LogP contribution in [-0.2, 0) is 24.3 Å². The first-order valence-corrected chi connectivity index (χ1v) is 9.14.